The molecule has 4 heteroatoms. The Morgan fingerprint density at radius 2 is 1.91 bits per heavy atom. The Bertz CT molecular complexity index is 502. The molecule has 3 N–H and O–H groups in total. The van der Waals surface area contributed by atoms with E-state index >= 15 is 0 Å². The number of para-hydroxylation sites is 1. The topological polar surface area (TPSA) is 64.3 Å². The van der Waals surface area contributed by atoms with Crippen LogP contribution in [0.25, 0.3) is 0 Å². The highest BCUT2D eigenvalue weighted by Gasteiger charge is 2.29. The van der Waals surface area contributed by atoms with Gasteiger partial charge in [0.1, 0.15) is 5.75 Å². The van der Waals surface area contributed by atoms with Crippen molar-refractivity contribution in [2.45, 2.75) is 64.6 Å². The summed E-state index contributed by atoms with van der Waals surface area (Å²) in [7, 11) is 0. The normalized spacial score (nSPS) is 23.1. The molecule has 2 rings (SSSR count). The van der Waals surface area contributed by atoms with E-state index in [9.17, 15) is 4.79 Å². The second-order valence-electron chi connectivity index (χ2n) is 6.49. The highest BCUT2D eigenvalue weighted by atomic mass is 16.5. The summed E-state index contributed by atoms with van der Waals surface area (Å²) in [6, 6.07) is 7.78. The second kappa shape index (κ2) is 7.63. The Labute approximate surface area is 133 Å². The molecule has 1 aliphatic carbocycles. The van der Waals surface area contributed by atoms with Crippen molar-refractivity contribution in [2.75, 3.05) is 0 Å². The molecule has 0 bridgehead atoms. The predicted molar refractivity (Wildman–Crippen MR) is 88.7 cm³/mol. The fourth-order valence-electron chi connectivity index (χ4n) is 3.08. The maximum Gasteiger partial charge on any atom is 0.225 e. The standard InChI is InChI=1S/C18H28N2O2/c1-12(2)22-17-11-7-5-8-14(17)13(3)20-18(21)15-9-4-6-10-16(15)19/h5,7-8,11-13,15-16H,4,6,9-10,19H2,1-3H3,(H,20,21)/t13?,15-,16+/m1/s1. The van der Waals surface area contributed by atoms with E-state index in [1.165, 1.54) is 0 Å². The number of rotatable bonds is 5. The molecule has 1 aliphatic rings. The fourth-order valence-corrected chi connectivity index (χ4v) is 3.08. The van der Waals surface area contributed by atoms with Gasteiger partial charge in [0, 0.05) is 11.6 Å². The molecule has 0 aromatic heterocycles. The zero-order valence-corrected chi connectivity index (χ0v) is 13.8. The molecule has 0 saturated heterocycles. The van der Waals surface area contributed by atoms with E-state index in [1.54, 1.807) is 0 Å². The Kier molecular flexibility index (Phi) is 5.83. The summed E-state index contributed by atoms with van der Waals surface area (Å²) in [5.74, 6) is 0.840. The number of carbonyl (C=O) groups is 1. The van der Waals surface area contributed by atoms with E-state index in [-0.39, 0.29) is 30.0 Å². The van der Waals surface area contributed by atoms with Crippen molar-refractivity contribution in [3.63, 3.8) is 0 Å². The third-order valence-electron chi connectivity index (χ3n) is 4.26. The van der Waals surface area contributed by atoms with E-state index in [1.807, 2.05) is 45.0 Å². The molecule has 0 heterocycles. The third kappa shape index (κ3) is 4.23. The Morgan fingerprint density at radius 1 is 1.23 bits per heavy atom. The first kappa shape index (κ1) is 16.8. The summed E-state index contributed by atoms with van der Waals surface area (Å²) in [4.78, 5) is 12.5. The summed E-state index contributed by atoms with van der Waals surface area (Å²) in [6.07, 6.45) is 4.16. The number of carbonyl (C=O) groups excluding carboxylic acids is 1. The first-order valence-electron chi connectivity index (χ1n) is 8.30. The highest BCUT2D eigenvalue weighted by Crippen LogP contribution is 2.28. The van der Waals surface area contributed by atoms with Crippen LogP contribution in [-0.4, -0.2) is 18.1 Å². The van der Waals surface area contributed by atoms with Gasteiger partial charge in [-0.15, -0.1) is 0 Å². The maximum absolute atomic E-state index is 12.5. The van der Waals surface area contributed by atoms with Gasteiger partial charge in [0.15, 0.2) is 0 Å². The molecule has 1 fully saturated rings. The lowest BCUT2D eigenvalue weighted by atomic mass is 9.84. The van der Waals surface area contributed by atoms with Crippen LogP contribution in [0.1, 0.15) is 58.1 Å². The van der Waals surface area contributed by atoms with Crippen LogP contribution < -0.4 is 15.8 Å². The van der Waals surface area contributed by atoms with E-state index < -0.39 is 0 Å². The van der Waals surface area contributed by atoms with Crippen molar-refractivity contribution >= 4 is 5.91 Å². The van der Waals surface area contributed by atoms with Gasteiger partial charge in [0.05, 0.1) is 18.1 Å². The van der Waals surface area contributed by atoms with Gasteiger partial charge in [-0.25, -0.2) is 0 Å². The van der Waals surface area contributed by atoms with Crippen molar-refractivity contribution in [3.8, 4) is 5.75 Å². The van der Waals surface area contributed by atoms with E-state index in [4.69, 9.17) is 10.5 Å². The van der Waals surface area contributed by atoms with Gasteiger partial charge in [-0.3, -0.25) is 4.79 Å². The molecule has 1 aromatic carbocycles. The molecule has 1 aromatic rings. The quantitative estimate of drug-likeness (QED) is 0.878. The predicted octanol–water partition coefficient (Wildman–Crippen LogP) is 3.17. The molecular formula is C18H28N2O2. The summed E-state index contributed by atoms with van der Waals surface area (Å²) in [6.45, 7) is 6.00. The number of nitrogens with two attached hydrogens (primary N) is 1. The Morgan fingerprint density at radius 3 is 2.59 bits per heavy atom. The number of benzene rings is 1. The number of ether oxygens (including phenoxy) is 1. The summed E-state index contributed by atoms with van der Waals surface area (Å²) in [5, 5.41) is 3.11. The minimum absolute atomic E-state index is 0.0110. The van der Waals surface area contributed by atoms with Crippen LogP contribution in [0, 0.1) is 5.92 Å². The summed E-state index contributed by atoms with van der Waals surface area (Å²) < 4.78 is 5.84. The molecular weight excluding hydrogens is 276 g/mol. The number of hydrogen-bond acceptors (Lipinski definition) is 3. The minimum atomic E-state index is -0.0865. The molecule has 1 saturated carbocycles. The zero-order chi connectivity index (χ0) is 16.1. The van der Waals surface area contributed by atoms with Crippen LogP contribution in [0.5, 0.6) is 5.75 Å². The van der Waals surface area contributed by atoms with Gasteiger partial charge in [-0.1, -0.05) is 31.0 Å². The monoisotopic (exact) mass is 304 g/mol. The van der Waals surface area contributed by atoms with Crippen molar-refractivity contribution < 1.29 is 9.53 Å². The van der Waals surface area contributed by atoms with Gasteiger partial charge >= 0.3 is 0 Å². The average Bonchev–Trinajstić information content (AvgIpc) is 2.47. The first-order valence-corrected chi connectivity index (χ1v) is 8.30. The van der Waals surface area contributed by atoms with Crippen molar-refractivity contribution in [1.29, 1.82) is 0 Å². The lowest BCUT2D eigenvalue weighted by Gasteiger charge is -2.29. The number of hydrogen-bond donors (Lipinski definition) is 2. The van der Waals surface area contributed by atoms with E-state index in [2.05, 4.69) is 5.32 Å². The maximum atomic E-state index is 12.5. The molecule has 122 valence electrons. The molecule has 0 aliphatic heterocycles. The summed E-state index contributed by atoms with van der Waals surface area (Å²) in [5.41, 5.74) is 7.11. The lowest BCUT2D eigenvalue weighted by molar-refractivity contribution is -0.127. The highest BCUT2D eigenvalue weighted by molar-refractivity contribution is 5.80. The van der Waals surface area contributed by atoms with Gasteiger partial charge in [-0.2, -0.15) is 0 Å². The zero-order valence-electron chi connectivity index (χ0n) is 13.8. The molecule has 22 heavy (non-hydrogen) atoms. The van der Waals surface area contributed by atoms with Crippen LogP contribution in [0.2, 0.25) is 0 Å². The minimum Gasteiger partial charge on any atom is -0.491 e. The lowest BCUT2D eigenvalue weighted by Crippen LogP contribution is -2.44. The van der Waals surface area contributed by atoms with Crippen LogP contribution in [0.4, 0.5) is 0 Å². The smallest absolute Gasteiger partial charge is 0.225 e. The van der Waals surface area contributed by atoms with Crippen LogP contribution >= 0.6 is 0 Å². The van der Waals surface area contributed by atoms with Crippen LogP contribution in [-0.2, 0) is 4.79 Å². The third-order valence-corrected chi connectivity index (χ3v) is 4.26. The largest absolute Gasteiger partial charge is 0.491 e. The number of amides is 1. The van der Waals surface area contributed by atoms with Crippen LogP contribution in [0.3, 0.4) is 0 Å². The van der Waals surface area contributed by atoms with Crippen molar-refractivity contribution in [3.05, 3.63) is 29.8 Å². The SMILES string of the molecule is CC(C)Oc1ccccc1C(C)NC(=O)[C@@H]1CCCC[C@@H]1N. The van der Waals surface area contributed by atoms with Gasteiger partial charge < -0.3 is 15.8 Å². The van der Waals surface area contributed by atoms with Gasteiger partial charge in [0.25, 0.3) is 0 Å². The molecule has 4 nitrogen and oxygen atoms in total. The Hall–Kier alpha value is -1.55. The van der Waals surface area contributed by atoms with Gasteiger partial charge in [0.2, 0.25) is 5.91 Å². The average molecular weight is 304 g/mol. The van der Waals surface area contributed by atoms with Crippen molar-refractivity contribution in [2.24, 2.45) is 11.7 Å². The number of nitrogens with one attached hydrogen (secondary N) is 1. The van der Waals surface area contributed by atoms with E-state index in [0.29, 0.717) is 0 Å². The van der Waals surface area contributed by atoms with E-state index in [0.717, 1.165) is 37.0 Å². The first-order chi connectivity index (χ1) is 10.5. The molecule has 0 spiro atoms. The van der Waals surface area contributed by atoms with Crippen molar-refractivity contribution in [1.82, 2.24) is 5.32 Å². The Balaban J connectivity index is 2.05. The van der Waals surface area contributed by atoms with Crippen LogP contribution in [0.15, 0.2) is 24.3 Å². The molecule has 1 amide bonds. The second-order valence-corrected chi connectivity index (χ2v) is 6.49. The molecule has 0 radical (unpaired) electrons. The molecule has 3 atom stereocenters. The molecule has 1 unspecified atom stereocenters. The summed E-state index contributed by atoms with van der Waals surface area (Å²) >= 11 is 0. The fraction of sp³-hybridized carbons (Fsp3) is 0.611. The van der Waals surface area contributed by atoms with Gasteiger partial charge in [-0.05, 0) is 39.7 Å².